The highest BCUT2D eigenvalue weighted by Crippen LogP contribution is 2.22. The average Bonchev–Trinajstić information content (AvgIpc) is 2.59. The molecule has 0 atom stereocenters. The molecule has 0 saturated heterocycles. The summed E-state index contributed by atoms with van der Waals surface area (Å²) in [6.07, 6.45) is 0. The molecular formula is C17H21N3O3. The highest BCUT2D eigenvalue weighted by molar-refractivity contribution is 5.93. The Balaban J connectivity index is 1.80. The van der Waals surface area contributed by atoms with E-state index in [1.165, 1.54) is 0 Å². The third-order valence-corrected chi connectivity index (χ3v) is 3.07. The molecule has 0 fully saturated rings. The van der Waals surface area contributed by atoms with E-state index in [2.05, 4.69) is 10.3 Å². The predicted molar refractivity (Wildman–Crippen MR) is 91.6 cm³/mol. The van der Waals surface area contributed by atoms with E-state index < -0.39 is 0 Å². The van der Waals surface area contributed by atoms with Gasteiger partial charge in [0.25, 0.3) is 0 Å². The molecule has 0 amide bonds. The lowest BCUT2D eigenvalue weighted by molar-refractivity contribution is 0.327. The molecule has 2 aromatic carbocycles. The monoisotopic (exact) mass is 315 g/mol. The van der Waals surface area contributed by atoms with Gasteiger partial charge in [0, 0.05) is 0 Å². The number of nitrogens with one attached hydrogen (secondary N) is 1. The smallest absolute Gasteiger partial charge is 0.193 e. The van der Waals surface area contributed by atoms with Crippen LogP contribution in [0.3, 0.4) is 0 Å². The normalized spacial score (nSPS) is 11.0. The summed E-state index contributed by atoms with van der Waals surface area (Å²) in [5, 5.41) is 3.01. The van der Waals surface area contributed by atoms with Gasteiger partial charge < -0.3 is 25.3 Å². The second-order valence-electron chi connectivity index (χ2n) is 4.62. The lowest BCUT2D eigenvalue weighted by Gasteiger charge is -2.10. The highest BCUT2D eigenvalue weighted by atomic mass is 16.5. The quantitative estimate of drug-likeness (QED) is 0.466. The Morgan fingerprint density at radius 3 is 2.39 bits per heavy atom. The van der Waals surface area contributed by atoms with Crippen LogP contribution in [0.5, 0.6) is 17.2 Å². The van der Waals surface area contributed by atoms with Crippen LogP contribution in [0.2, 0.25) is 0 Å². The number of benzene rings is 2. The van der Waals surface area contributed by atoms with Crippen molar-refractivity contribution < 1.29 is 14.2 Å². The van der Waals surface area contributed by atoms with Crippen LogP contribution in [-0.2, 0) is 0 Å². The number of hydrogen-bond donors (Lipinski definition) is 2. The molecule has 122 valence electrons. The van der Waals surface area contributed by atoms with Gasteiger partial charge in [-0.25, -0.2) is 4.99 Å². The molecule has 0 aromatic heterocycles. The molecule has 0 spiro atoms. The van der Waals surface area contributed by atoms with Gasteiger partial charge in [0.05, 0.1) is 26.5 Å². The summed E-state index contributed by atoms with van der Waals surface area (Å²) in [4.78, 5) is 4.22. The standard InChI is InChI=1S/C17H21N3O3/c1-21-13-7-9-14(10-8-13)23-12-11-19-17(18)20-15-5-3-4-6-16(15)22-2/h3-10H,11-12H2,1-2H3,(H3,18,19,20). The van der Waals surface area contributed by atoms with Crippen molar-refractivity contribution >= 4 is 11.6 Å². The maximum atomic E-state index is 5.86. The zero-order chi connectivity index (χ0) is 16.5. The number of hydrogen-bond acceptors (Lipinski definition) is 4. The first kappa shape index (κ1) is 16.5. The highest BCUT2D eigenvalue weighted by Gasteiger charge is 2.02. The first-order valence-electron chi connectivity index (χ1n) is 7.19. The molecule has 0 heterocycles. The molecule has 3 N–H and O–H groups in total. The van der Waals surface area contributed by atoms with E-state index in [0.717, 1.165) is 17.2 Å². The number of guanidine groups is 1. The number of anilines is 1. The van der Waals surface area contributed by atoms with Crippen molar-refractivity contribution in [2.45, 2.75) is 0 Å². The molecule has 6 nitrogen and oxygen atoms in total. The average molecular weight is 315 g/mol. The summed E-state index contributed by atoms with van der Waals surface area (Å²) in [7, 11) is 3.23. The van der Waals surface area contributed by atoms with Crippen LogP contribution in [0.25, 0.3) is 0 Å². The van der Waals surface area contributed by atoms with E-state index >= 15 is 0 Å². The Kier molecular flexibility index (Phi) is 6.11. The molecular weight excluding hydrogens is 294 g/mol. The lowest BCUT2D eigenvalue weighted by atomic mass is 10.3. The van der Waals surface area contributed by atoms with E-state index in [1.807, 2.05) is 48.5 Å². The Morgan fingerprint density at radius 1 is 1.00 bits per heavy atom. The van der Waals surface area contributed by atoms with Gasteiger partial charge >= 0.3 is 0 Å². The minimum absolute atomic E-state index is 0.313. The summed E-state index contributed by atoms with van der Waals surface area (Å²) in [6.45, 7) is 0.876. The van der Waals surface area contributed by atoms with Crippen molar-refractivity contribution in [1.82, 2.24) is 0 Å². The van der Waals surface area contributed by atoms with Crippen LogP contribution in [0.4, 0.5) is 5.69 Å². The van der Waals surface area contributed by atoms with E-state index in [4.69, 9.17) is 19.9 Å². The fourth-order valence-corrected chi connectivity index (χ4v) is 1.93. The van der Waals surface area contributed by atoms with Gasteiger partial charge in [-0.1, -0.05) is 12.1 Å². The number of methoxy groups -OCH3 is 2. The molecule has 0 aliphatic rings. The van der Waals surface area contributed by atoms with Crippen LogP contribution in [-0.4, -0.2) is 33.3 Å². The van der Waals surface area contributed by atoms with Gasteiger partial charge in [0.1, 0.15) is 23.9 Å². The molecule has 2 rings (SSSR count). The summed E-state index contributed by atoms with van der Waals surface area (Å²) in [6, 6.07) is 14.9. The second-order valence-corrected chi connectivity index (χ2v) is 4.62. The van der Waals surface area contributed by atoms with Crippen molar-refractivity contribution in [3.05, 3.63) is 48.5 Å². The maximum absolute atomic E-state index is 5.86. The van der Waals surface area contributed by atoms with E-state index in [9.17, 15) is 0 Å². The number of rotatable bonds is 7. The SMILES string of the molecule is COc1ccc(OCCN=C(N)Nc2ccccc2OC)cc1. The molecule has 0 unspecified atom stereocenters. The minimum Gasteiger partial charge on any atom is -0.497 e. The van der Waals surface area contributed by atoms with Crippen LogP contribution in [0, 0.1) is 0 Å². The maximum Gasteiger partial charge on any atom is 0.193 e. The molecule has 0 saturated carbocycles. The summed E-state index contributed by atoms with van der Waals surface area (Å²) >= 11 is 0. The van der Waals surface area contributed by atoms with Crippen molar-refractivity contribution in [1.29, 1.82) is 0 Å². The van der Waals surface area contributed by atoms with Crippen LogP contribution in [0.15, 0.2) is 53.5 Å². The number of nitrogens with two attached hydrogens (primary N) is 1. The number of para-hydroxylation sites is 2. The zero-order valence-corrected chi connectivity index (χ0v) is 13.3. The van der Waals surface area contributed by atoms with Crippen LogP contribution >= 0.6 is 0 Å². The van der Waals surface area contributed by atoms with Gasteiger partial charge in [-0.15, -0.1) is 0 Å². The topological polar surface area (TPSA) is 78.1 Å². The predicted octanol–water partition coefficient (Wildman–Crippen LogP) is 2.51. The Hall–Kier alpha value is -2.89. The van der Waals surface area contributed by atoms with E-state index in [1.54, 1.807) is 14.2 Å². The third-order valence-electron chi connectivity index (χ3n) is 3.07. The number of nitrogens with zero attached hydrogens (tertiary/aromatic N) is 1. The molecule has 0 bridgehead atoms. The van der Waals surface area contributed by atoms with Crippen LogP contribution in [0.1, 0.15) is 0 Å². The van der Waals surface area contributed by atoms with Gasteiger partial charge in [-0.3, -0.25) is 0 Å². The summed E-state index contributed by atoms with van der Waals surface area (Å²) in [5.74, 6) is 2.57. The first-order chi connectivity index (χ1) is 11.2. The molecule has 0 aliphatic carbocycles. The summed E-state index contributed by atoms with van der Waals surface area (Å²) in [5.41, 5.74) is 6.63. The van der Waals surface area contributed by atoms with Crippen molar-refractivity contribution in [3.63, 3.8) is 0 Å². The number of ether oxygens (including phenoxy) is 3. The lowest BCUT2D eigenvalue weighted by Crippen LogP contribution is -2.23. The van der Waals surface area contributed by atoms with Gasteiger partial charge in [0.2, 0.25) is 0 Å². The fourth-order valence-electron chi connectivity index (χ4n) is 1.93. The van der Waals surface area contributed by atoms with Crippen molar-refractivity contribution in [2.24, 2.45) is 10.7 Å². The van der Waals surface area contributed by atoms with Gasteiger partial charge in [-0.05, 0) is 36.4 Å². The van der Waals surface area contributed by atoms with Gasteiger partial charge in [-0.2, -0.15) is 0 Å². The van der Waals surface area contributed by atoms with Crippen molar-refractivity contribution in [3.8, 4) is 17.2 Å². The fraction of sp³-hybridized carbons (Fsp3) is 0.235. The molecule has 2 aromatic rings. The Bertz CT molecular complexity index is 642. The second kappa shape index (κ2) is 8.53. The van der Waals surface area contributed by atoms with E-state index in [-0.39, 0.29) is 0 Å². The molecule has 23 heavy (non-hydrogen) atoms. The minimum atomic E-state index is 0.313. The molecule has 0 radical (unpaired) electrons. The third kappa shape index (κ3) is 5.10. The van der Waals surface area contributed by atoms with Crippen LogP contribution < -0.4 is 25.3 Å². The first-order valence-corrected chi connectivity index (χ1v) is 7.19. The Labute approximate surface area is 135 Å². The van der Waals surface area contributed by atoms with E-state index in [0.29, 0.717) is 24.9 Å². The van der Waals surface area contributed by atoms with Gasteiger partial charge in [0.15, 0.2) is 5.96 Å². The molecule has 0 aliphatic heterocycles. The van der Waals surface area contributed by atoms with Crippen molar-refractivity contribution in [2.75, 3.05) is 32.7 Å². The summed E-state index contributed by atoms with van der Waals surface area (Å²) < 4.78 is 15.9. The molecule has 6 heteroatoms. The largest absolute Gasteiger partial charge is 0.497 e. The zero-order valence-electron chi connectivity index (χ0n) is 13.3. The number of aliphatic imine (C=N–C) groups is 1. The Morgan fingerprint density at radius 2 is 1.70 bits per heavy atom.